The minimum atomic E-state index is -4.33. The first-order chi connectivity index (χ1) is 22.5. The molecule has 0 unspecified atom stereocenters. The van der Waals surface area contributed by atoms with Crippen molar-refractivity contribution in [1.29, 1.82) is 0 Å². The Bertz CT molecular complexity index is 1720. The number of aryl methyl sites for hydroxylation is 1. The summed E-state index contributed by atoms with van der Waals surface area (Å²) in [6.07, 6.45) is 0.900. The molecule has 10 heteroatoms. The number of hydrogen-bond acceptors (Lipinski definition) is 5. The lowest BCUT2D eigenvalue weighted by molar-refractivity contribution is -0.140. The average molecular weight is 660 g/mol. The van der Waals surface area contributed by atoms with E-state index in [-0.39, 0.29) is 35.5 Å². The summed E-state index contributed by atoms with van der Waals surface area (Å²) in [7, 11) is -4.33. The molecular weight excluding hydrogens is 617 g/mol. The second kappa shape index (κ2) is 16.2. The molecule has 2 atom stereocenters. The first kappa shape index (κ1) is 35.2. The van der Waals surface area contributed by atoms with Gasteiger partial charge in [-0.1, -0.05) is 67.1 Å². The summed E-state index contributed by atoms with van der Waals surface area (Å²) in [5.74, 6) is -0.989. The van der Waals surface area contributed by atoms with Crippen molar-refractivity contribution in [2.45, 2.75) is 64.1 Å². The Morgan fingerprint density at radius 1 is 0.851 bits per heavy atom. The van der Waals surface area contributed by atoms with Crippen molar-refractivity contribution in [3.05, 3.63) is 126 Å². The highest BCUT2D eigenvalue weighted by molar-refractivity contribution is 7.92. The first-order valence-electron chi connectivity index (χ1n) is 15.7. The topological polar surface area (TPSA) is 96.0 Å². The Morgan fingerprint density at radius 3 is 2.09 bits per heavy atom. The molecule has 0 saturated heterocycles. The highest BCUT2D eigenvalue weighted by atomic mass is 32.2. The first-order valence-corrected chi connectivity index (χ1v) is 17.2. The third-order valence-electron chi connectivity index (χ3n) is 7.86. The fourth-order valence-corrected chi connectivity index (χ4v) is 6.44. The number of benzene rings is 4. The number of rotatable bonds is 15. The van der Waals surface area contributed by atoms with Crippen molar-refractivity contribution in [2.75, 3.05) is 17.5 Å². The van der Waals surface area contributed by atoms with Crippen LogP contribution in [0.2, 0.25) is 0 Å². The van der Waals surface area contributed by atoms with Crippen molar-refractivity contribution in [1.82, 2.24) is 10.2 Å². The highest BCUT2D eigenvalue weighted by Crippen LogP contribution is 2.27. The van der Waals surface area contributed by atoms with Gasteiger partial charge in [0.25, 0.3) is 10.0 Å². The standard InChI is InChI=1S/C37H42FN3O5S/c1-5-28(4)39-37(43)35(24-29-10-8-7-9-11-29)40(25-30-14-12-27(3)13-15-30)36(42)26-41(32-18-16-31(38)17-19-32)47(44,45)34-22-20-33(21-23-34)46-6-2/h7-23,28,35H,5-6,24-26H2,1-4H3,(H,39,43)/t28-,35+/m0/s1. The maximum atomic E-state index is 14.5. The Hall–Kier alpha value is -4.70. The number of carbonyl (C=O) groups is 2. The monoisotopic (exact) mass is 659 g/mol. The summed E-state index contributed by atoms with van der Waals surface area (Å²) < 4.78 is 48.7. The molecule has 0 radical (unpaired) electrons. The lowest BCUT2D eigenvalue weighted by Gasteiger charge is -2.34. The van der Waals surface area contributed by atoms with E-state index < -0.39 is 34.3 Å². The van der Waals surface area contributed by atoms with Gasteiger partial charge >= 0.3 is 0 Å². The van der Waals surface area contributed by atoms with Gasteiger partial charge in [0.05, 0.1) is 17.2 Å². The summed E-state index contributed by atoms with van der Waals surface area (Å²) in [6.45, 7) is 7.47. The van der Waals surface area contributed by atoms with Gasteiger partial charge in [-0.25, -0.2) is 12.8 Å². The zero-order valence-corrected chi connectivity index (χ0v) is 28.0. The molecule has 2 amide bonds. The molecule has 0 fully saturated rings. The Balaban J connectivity index is 1.79. The fraction of sp³-hybridized carbons (Fsp3) is 0.297. The molecule has 0 aromatic heterocycles. The normalized spacial score (nSPS) is 12.5. The molecule has 1 N–H and O–H groups in total. The Labute approximate surface area is 277 Å². The van der Waals surface area contributed by atoms with Gasteiger partial charge in [-0.2, -0.15) is 0 Å². The van der Waals surface area contributed by atoms with Gasteiger partial charge < -0.3 is 15.0 Å². The van der Waals surface area contributed by atoms with Gasteiger partial charge in [0.15, 0.2) is 0 Å². The molecular formula is C37H42FN3O5S. The number of carbonyl (C=O) groups excluding carboxylic acids is 2. The summed E-state index contributed by atoms with van der Waals surface area (Å²) in [4.78, 5) is 29.8. The second-order valence-electron chi connectivity index (χ2n) is 11.4. The van der Waals surface area contributed by atoms with Crippen LogP contribution in [0.1, 0.15) is 43.9 Å². The third-order valence-corrected chi connectivity index (χ3v) is 9.65. The van der Waals surface area contributed by atoms with E-state index in [9.17, 15) is 22.4 Å². The van der Waals surface area contributed by atoms with Crippen LogP contribution in [0.3, 0.4) is 0 Å². The number of anilines is 1. The van der Waals surface area contributed by atoms with Gasteiger partial charge in [-0.15, -0.1) is 0 Å². The zero-order chi connectivity index (χ0) is 34.0. The molecule has 248 valence electrons. The van der Waals surface area contributed by atoms with Crippen LogP contribution >= 0.6 is 0 Å². The van der Waals surface area contributed by atoms with E-state index in [1.807, 2.05) is 82.3 Å². The van der Waals surface area contributed by atoms with E-state index in [4.69, 9.17) is 4.74 Å². The molecule has 4 aromatic carbocycles. The van der Waals surface area contributed by atoms with Crippen LogP contribution in [0, 0.1) is 12.7 Å². The van der Waals surface area contributed by atoms with Crippen molar-refractivity contribution >= 4 is 27.5 Å². The summed E-state index contributed by atoms with van der Waals surface area (Å²) in [5.41, 5.74) is 2.76. The SMILES string of the molecule is CCOc1ccc(S(=O)(=O)N(CC(=O)N(Cc2ccc(C)cc2)[C@H](Cc2ccccc2)C(=O)N[C@@H](C)CC)c2ccc(F)cc2)cc1. The van der Waals surface area contributed by atoms with Gasteiger partial charge in [0.2, 0.25) is 11.8 Å². The number of halogens is 1. The Kier molecular flexibility index (Phi) is 12.1. The van der Waals surface area contributed by atoms with Crippen LogP contribution in [-0.2, 0) is 32.6 Å². The second-order valence-corrected chi connectivity index (χ2v) is 13.3. The van der Waals surface area contributed by atoms with E-state index in [1.165, 1.54) is 29.2 Å². The van der Waals surface area contributed by atoms with Crippen LogP contribution in [0.25, 0.3) is 0 Å². The van der Waals surface area contributed by atoms with E-state index in [0.29, 0.717) is 18.8 Å². The smallest absolute Gasteiger partial charge is 0.264 e. The van der Waals surface area contributed by atoms with E-state index >= 15 is 0 Å². The maximum Gasteiger partial charge on any atom is 0.264 e. The van der Waals surface area contributed by atoms with Crippen molar-refractivity contribution in [3.8, 4) is 5.75 Å². The molecule has 0 heterocycles. The van der Waals surface area contributed by atoms with Crippen molar-refractivity contribution < 1.29 is 27.1 Å². The van der Waals surface area contributed by atoms with Gasteiger partial charge in [0, 0.05) is 19.0 Å². The summed E-state index contributed by atoms with van der Waals surface area (Å²) in [5, 5.41) is 3.02. The molecule has 4 rings (SSSR count). The minimum Gasteiger partial charge on any atom is -0.494 e. The van der Waals surface area contributed by atoms with Gasteiger partial charge in [-0.05, 0) is 86.8 Å². The van der Waals surface area contributed by atoms with E-state index in [0.717, 1.165) is 33.1 Å². The van der Waals surface area contributed by atoms with E-state index in [2.05, 4.69) is 5.32 Å². The fourth-order valence-electron chi connectivity index (χ4n) is 5.02. The minimum absolute atomic E-state index is 0.0604. The lowest BCUT2D eigenvalue weighted by atomic mass is 10.0. The molecule has 0 saturated carbocycles. The van der Waals surface area contributed by atoms with E-state index in [1.54, 1.807) is 12.1 Å². The quantitative estimate of drug-likeness (QED) is 0.162. The molecule has 0 spiro atoms. The molecule has 8 nitrogen and oxygen atoms in total. The van der Waals surface area contributed by atoms with Gasteiger partial charge in [-0.3, -0.25) is 13.9 Å². The summed E-state index contributed by atoms with van der Waals surface area (Å²) >= 11 is 0. The number of ether oxygens (including phenoxy) is 1. The molecule has 0 aliphatic carbocycles. The predicted octanol–water partition coefficient (Wildman–Crippen LogP) is 6.28. The number of amides is 2. The highest BCUT2D eigenvalue weighted by Gasteiger charge is 2.35. The van der Waals surface area contributed by atoms with Gasteiger partial charge in [0.1, 0.15) is 24.2 Å². The third kappa shape index (κ3) is 9.42. The maximum absolute atomic E-state index is 14.5. The van der Waals surface area contributed by atoms with Crippen molar-refractivity contribution in [2.24, 2.45) is 0 Å². The predicted molar refractivity (Wildman–Crippen MR) is 182 cm³/mol. The number of hydrogen-bond donors (Lipinski definition) is 1. The van der Waals surface area contributed by atoms with Crippen LogP contribution in [0.15, 0.2) is 108 Å². The van der Waals surface area contributed by atoms with Crippen LogP contribution in [-0.4, -0.2) is 50.4 Å². The van der Waals surface area contributed by atoms with Crippen LogP contribution < -0.4 is 14.4 Å². The number of sulfonamides is 1. The van der Waals surface area contributed by atoms with Crippen LogP contribution in [0.5, 0.6) is 5.75 Å². The number of nitrogens with zero attached hydrogens (tertiary/aromatic N) is 2. The lowest BCUT2D eigenvalue weighted by Crippen LogP contribution is -2.54. The average Bonchev–Trinajstić information content (AvgIpc) is 3.07. The van der Waals surface area contributed by atoms with Crippen LogP contribution in [0.4, 0.5) is 10.1 Å². The number of nitrogens with one attached hydrogen (secondary N) is 1. The zero-order valence-electron chi connectivity index (χ0n) is 27.2. The van der Waals surface area contributed by atoms with Crippen molar-refractivity contribution in [3.63, 3.8) is 0 Å². The molecule has 4 aromatic rings. The Morgan fingerprint density at radius 2 is 1.49 bits per heavy atom. The molecule has 0 aliphatic heterocycles. The summed E-state index contributed by atoms with van der Waals surface area (Å²) in [6, 6.07) is 26.7. The largest absolute Gasteiger partial charge is 0.494 e. The molecule has 0 bridgehead atoms. The molecule has 0 aliphatic rings. The molecule has 47 heavy (non-hydrogen) atoms.